The Balaban J connectivity index is 1.29. The number of para-hydroxylation sites is 1. The van der Waals surface area contributed by atoms with E-state index in [-0.39, 0.29) is 29.4 Å². The molecule has 1 aromatic carbocycles. The molecule has 4 atom stereocenters. The Bertz CT molecular complexity index is 945. The zero-order valence-corrected chi connectivity index (χ0v) is 16.3. The van der Waals surface area contributed by atoms with E-state index in [4.69, 9.17) is 9.47 Å². The van der Waals surface area contributed by atoms with Gasteiger partial charge in [0, 0.05) is 25.4 Å². The normalized spacial score (nSPS) is 29.9. The van der Waals surface area contributed by atoms with E-state index in [9.17, 15) is 9.59 Å². The van der Waals surface area contributed by atoms with Crippen LogP contribution in [0, 0.1) is 17.8 Å². The molecule has 1 N–H and O–H groups in total. The monoisotopic (exact) mass is 399 g/mol. The average Bonchev–Trinajstić information content (AvgIpc) is 3.12. The summed E-state index contributed by atoms with van der Waals surface area (Å²) in [5, 5.41) is 12.4. The minimum absolute atomic E-state index is 0.0431. The molecule has 4 unspecified atom stereocenters. The summed E-state index contributed by atoms with van der Waals surface area (Å²) in [6.07, 6.45) is 2.77. The molecule has 3 aliphatic rings. The predicted molar refractivity (Wildman–Crippen MR) is 103 cm³/mol. The third kappa shape index (κ3) is 2.82. The van der Waals surface area contributed by atoms with Gasteiger partial charge in [0.05, 0.1) is 18.6 Å². The third-order valence-corrected chi connectivity index (χ3v) is 7.06. The van der Waals surface area contributed by atoms with Crippen LogP contribution in [0.3, 0.4) is 0 Å². The molecule has 2 saturated carbocycles. The highest BCUT2D eigenvalue weighted by molar-refractivity contribution is 7.15. The first kappa shape index (κ1) is 17.8. The number of nitrogens with one attached hydrogen (secondary N) is 1. The Morgan fingerprint density at radius 1 is 1.39 bits per heavy atom. The maximum atomic E-state index is 12.8. The quantitative estimate of drug-likeness (QED) is 0.831. The maximum absolute atomic E-state index is 12.8. The predicted octanol–water partition coefficient (Wildman–Crippen LogP) is 2.73. The van der Waals surface area contributed by atoms with Gasteiger partial charge in [-0.3, -0.25) is 9.59 Å². The molecule has 1 spiro atoms. The van der Waals surface area contributed by atoms with E-state index in [2.05, 4.69) is 15.5 Å². The number of rotatable bonds is 5. The first-order chi connectivity index (χ1) is 13.6. The summed E-state index contributed by atoms with van der Waals surface area (Å²) in [5.74, 6) is 0.957. The summed E-state index contributed by atoms with van der Waals surface area (Å²) >= 11 is 1.37. The van der Waals surface area contributed by atoms with Crippen molar-refractivity contribution < 1.29 is 19.1 Å². The lowest BCUT2D eigenvalue weighted by atomic mass is 9.84. The highest BCUT2D eigenvalue weighted by Gasteiger charge is 2.70. The van der Waals surface area contributed by atoms with E-state index < -0.39 is 5.60 Å². The van der Waals surface area contributed by atoms with Crippen molar-refractivity contribution in [3.63, 3.8) is 0 Å². The Morgan fingerprint density at radius 2 is 2.25 bits per heavy atom. The minimum atomic E-state index is -0.539. The number of benzene rings is 1. The molecule has 0 radical (unpaired) electrons. The van der Waals surface area contributed by atoms with Crippen molar-refractivity contribution in [3.8, 4) is 5.75 Å². The van der Waals surface area contributed by atoms with E-state index >= 15 is 0 Å². The first-order valence-corrected chi connectivity index (χ1v) is 10.4. The van der Waals surface area contributed by atoms with Crippen LogP contribution in [0.1, 0.15) is 34.6 Å². The Kier molecular flexibility index (Phi) is 4.21. The van der Waals surface area contributed by atoms with Crippen molar-refractivity contribution in [3.05, 3.63) is 34.8 Å². The van der Waals surface area contributed by atoms with Gasteiger partial charge < -0.3 is 14.8 Å². The number of carbonyl (C=O) groups is 2. The lowest BCUT2D eigenvalue weighted by molar-refractivity contribution is -0.119. The van der Waals surface area contributed by atoms with E-state index in [1.165, 1.54) is 11.3 Å². The largest absolute Gasteiger partial charge is 0.486 e. The molecule has 1 aromatic heterocycles. The van der Waals surface area contributed by atoms with Gasteiger partial charge in [-0.05, 0) is 30.9 Å². The number of hydrogen-bond donors (Lipinski definition) is 1. The van der Waals surface area contributed by atoms with Gasteiger partial charge in [-0.15, -0.1) is 10.2 Å². The van der Waals surface area contributed by atoms with Crippen LogP contribution >= 0.6 is 11.3 Å². The van der Waals surface area contributed by atoms with E-state index in [1.54, 1.807) is 7.11 Å². The van der Waals surface area contributed by atoms with Gasteiger partial charge in [0.25, 0.3) is 0 Å². The van der Waals surface area contributed by atoms with Crippen molar-refractivity contribution in [2.75, 3.05) is 19.0 Å². The van der Waals surface area contributed by atoms with Crippen LogP contribution in [0.5, 0.6) is 5.75 Å². The first-order valence-electron chi connectivity index (χ1n) is 9.55. The van der Waals surface area contributed by atoms with Gasteiger partial charge in [-0.25, -0.2) is 0 Å². The number of Topliss-reactive ketones (excluding diaryl/α,β-unsaturated/α-hetero) is 1. The standard InChI is InChI=1S/C20H21N3O4S/c1-26-9-7-15-22-23-19(28-15)21-18(25)16-12-6-8-20(17(12)16)10-13(24)11-4-2-3-5-14(11)27-20/h2-5,12,16-17H,6-10H2,1H3,(H,21,23,25). The topological polar surface area (TPSA) is 90.4 Å². The highest BCUT2D eigenvalue weighted by atomic mass is 32.1. The van der Waals surface area contributed by atoms with E-state index in [0.29, 0.717) is 35.9 Å². The average molecular weight is 399 g/mol. The van der Waals surface area contributed by atoms with Crippen molar-refractivity contribution in [2.24, 2.45) is 17.8 Å². The van der Waals surface area contributed by atoms with Gasteiger partial charge in [-0.1, -0.05) is 23.5 Å². The number of anilines is 1. The molecule has 0 saturated heterocycles. The number of carbonyl (C=O) groups excluding carboxylic acids is 2. The second kappa shape index (κ2) is 6.63. The molecule has 2 aliphatic carbocycles. The van der Waals surface area contributed by atoms with Crippen LogP contribution in [-0.2, 0) is 16.0 Å². The zero-order valence-electron chi connectivity index (χ0n) is 15.5. The molecule has 0 bridgehead atoms. The summed E-state index contributed by atoms with van der Waals surface area (Å²) in [6.45, 7) is 0.574. The smallest absolute Gasteiger partial charge is 0.230 e. The number of ether oxygens (including phenoxy) is 2. The summed E-state index contributed by atoms with van der Waals surface area (Å²) in [5.41, 5.74) is 0.110. The molecule has 7 nitrogen and oxygen atoms in total. The Labute approximate surface area is 166 Å². The molecule has 5 rings (SSSR count). The fourth-order valence-corrected chi connectivity index (χ4v) is 5.63. The SMILES string of the molecule is COCCc1nnc(NC(=O)C2C3CCC4(CC(=O)c5ccccc5O4)C32)s1. The molecule has 1 amide bonds. The summed E-state index contributed by atoms with van der Waals surface area (Å²) in [6, 6.07) is 7.39. The van der Waals surface area contributed by atoms with Crippen LogP contribution in [0.25, 0.3) is 0 Å². The van der Waals surface area contributed by atoms with Crippen molar-refractivity contribution in [1.82, 2.24) is 10.2 Å². The fourth-order valence-electron chi connectivity index (χ4n) is 4.90. The van der Waals surface area contributed by atoms with Crippen molar-refractivity contribution in [1.29, 1.82) is 0 Å². The lowest BCUT2D eigenvalue weighted by Gasteiger charge is -2.37. The van der Waals surface area contributed by atoms with Crippen LogP contribution in [0.2, 0.25) is 0 Å². The molecular formula is C20H21N3O4S. The van der Waals surface area contributed by atoms with Gasteiger partial charge in [0.1, 0.15) is 16.4 Å². The summed E-state index contributed by atoms with van der Waals surface area (Å²) in [4.78, 5) is 25.5. The van der Waals surface area contributed by atoms with Gasteiger partial charge in [-0.2, -0.15) is 0 Å². The number of amides is 1. The van der Waals surface area contributed by atoms with Crippen LogP contribution in [0.4, 0.5) is 5.13 Å². The minimum Gasteiger partial charge on any atom is -0.486 e. The molecule has 28 heavy (non-hydrogen) atoms. The number of ketones is 1. The summed E-state index contributed by atoms with van der Waals surface area (Å²) < 4.78 is 11.4. The second-order valence-corrected chi connectivity index (χ2v) is 8.81. The second-order valence-electron chi connectivity index (χ2n) is 7.75. The molecular weight excluding hydrogens is 378 g/mol. The number of aromatic nitrogens is 2. The molecule has 2 fully saturated rings. The highest BCUT2D eigenvalue weighted by Crippen LogP contribution is 2.65. The molecule has 1 aliphatic heterocycles. The van der Waals surface area contributed by atoms with Crippen LogP contribution in [-0.4, -0.2) is 41.2 Å². The number of fused-ring (bicyclic) bond motifs is 3. The Morgan fingerprint density at radius 3 is 3.11 bits per heavy atom. The maximum Gasteiger partial charge on any atom is 0.230 e. The van der Waals surface area contributed by atoms with Crippen molar-refractivity contribution in [2.45, 2.75) is 31.3 Å². The molecule has 2 heterocycles. The fraction of sp³-hybridized carbons (Fsp3) is 0.500. The van der Waals surface area contributed by atoms with Gasteiger partial charge >= 0.3 is 0 Å². The number of nitrogens with zero attached hydrogens (tertiary/aromatic N) is 2. The van der Waals surface area contributed by atoms with Crippen molar-refractivity contribution >= 4 is 28.2 Å². The molecule has 146 valence electrons. The third-order valence-electron chi connectivity index (χ3n) is 6.16. The van der Waals surface area contributed by atoms with E-state index in [0.717, 1.165) is 17.8 Å². The van der Waals surface area contributed by atoms with Crippen LogP contribution < -0.4 is 10.1 Å². The number of hydrogen-bond acceptors (Lipinski definition) is 7. The van der Waals surface area contributed by atoms with Crippen LogP contribution in [0.15, 0.2) is 24.3 Å². The zero-order chi connectivity index (χ0) is 19.3. The van der Waals surface area contributed by atoms with E-state index in [1.807, 2.05) is 24.3 Å². The van der Waals surface area contributed by atoms with Gasteiger partial charge in [0.15, 0.2) is 5.78 Å². The van der Waals surface area contributed by atoms with Gasteiger partial charge in [0.2, 0.25) is 11.0 Å². The summed E-state index contributed by atoms with van der Waals surface area (Å²) in [7, 11) is 1.64. The Hall–Kier alpha value is -2.32. The molecule has 2 aromatic rings. The molecule has 8 heteroatoms. The number of methoxy groups -OCH3 is 1. The lowest BCUT2D eigenvalue weighted by Crippen LogP contribution is -2.44.